The fourth-order valence-electron chi connectivity index (χ4n) is 4.04. The number of carbonyl (C=O) groups excluding carboxylic acids is 2. The number of benzene rings is 2. The molecule has 2 aromatic carbocycles. The van der Waals surface area contributed by atoms with Crippen LogP contribution in [0.4, 0.5) is 4.79 Å². The van der Waals surface area contributed by atoms with E-state index in [1.807, 2.05) is 12.1 Å². The first kappa shape index (κ1) is 24.2. The minimum Gasteiger partial charge on any atom is -0.493 e. The lowest BCUT2D eigenvalue weighted by Crippen LogP contribution is -2.26. The zero-order chi connectivity index (χ0) is 24.9. The van der Waals surface area contributed by atoms with Gasteiger partial charge in [-0.25, -0.2) is 9.59 Å². The van der Waals surface area contributed by atoms with Gasteiger partial charge in [0.05, 0.1) is 21.3 Å². The number of esters is 1. The van der Waals surface area contributed by atoms with Gasteiger partial charge in [-0.2, -0.15) is 0 Å². The van der Waals surface area contributed by atoms with E-state index < -0.39 is 18.2 Å². The molecule has 2 unspecified atom stereocenters. The molecule has 1 saturated heterocycles. The van der Waals surface area contributed by atoms with Gasteiger partial charge in [0.25, 0.3) is 0 Å². The van der Waals surface area contributed by atoms with Crippen molar-refractivity contribution in [1.29, 1.82) is 0 Å². The Morgan fingerprint density at radius 2 is 1.83 bits per heavy atom. The van der Waals surface area contributed by atoms with Gasteiger partial charge in [-0.1, -0.05) is 18.7 Å². The molecule has 2 aliphatic heterocycles. The Morgan fingerprint density at radius 1 is 1.09 bits per heavy atom. The van der Waals surface area contributed by atoms with Crippen LogP contribution in [0.2, 0.25) is 0 Å². The molecule has 10 nitrogen and oxygen atoms in total. The van der Waals surface area contributed by atoms with E-state index in [1.165, 1.54) is 27.4 Å². The highest BCUT2D eigenvalue weighted by molar-refractivity contribution is 5.95. The number of nitrogens with one attached hydrogen (secondary N) is 1. The number of ether oxygens (including phenoxy) is 7. The highest BCUT2D eigenvalue weighted by Crippen LogP contribution is 2.56. The monoisotopic (exact) mass is 485 g/mol. The lowest BCUT2D eigenvalue weighted by molar-refractivity contribution is 0.0594. The molecule has 0 radical (unpaired) electrons. The lowest BCUT2D eigenvalue weighted by atomic mass is 9.94. The van der Waals surface area contributed by atoms with Gasteiger partial charge >= 0.3 is 12.1 Å². The second-order valence-electron chi connectivity index (χ2n) is 7.70. The van der Waals surface area contributed by atoms with Crippen molar-refractivity contribution in [3.05, 3.63) is 59.2 Å². The van der Waals surface area contributed by atoms with Crippen LogP contribution in [0.25, 0.3) is 0 Å². The number of hydrogen-bond donors (Lipinski definition) is 1. The number of alkyl carbamates (subject to hydrolysis) is 1. The van der Waals surface area contributed by atoms with Crippen LogP contribution in [0, 0.1) is 0 Å². The second kappa shape index (κ2) is 10.6. The molecular formula is C25H27NO9. The predicted octanol–water partition coefficient (Wildman–Crippen LogP) is 3.49. The van der Waals surface area contributed by atoms with Gasteiger partial charge in [-0.15, -0.1) is 0 Å². The van der Waals surface area contributed by atoms with E-state index in [9.17, 15) is 9.59 Å². The highest BCUT2D eigenvalue weighted by Gasteiger charge is 2.46. The molecule has 0 spiro atoms. The number of hydrogen-bond acceptors (Lipinski definition) is 9. The lowest BCUT2D eigenvalue weighted by Gasteiger charge is -2.15. The normalized spacial score (nSPS) is 17.3. The van der Waals surface area contributed by atoms with Crippen LogP contribution < -0.4 is 24.3 Å². The second-order valence-corrected chi connectivity index (χ2v) is 7.70. The first-order chi connectivity index (χ1) is 17.0. The quantitative estimate of drug-likeness (QED) is 0.307. The summed E-state index contributed by atoms with van der Waals surface area (Å²) in [5, 5.41) is 2.71. The number of carbonyl (C=O) groups is 2. The average molecular weight is 485 g/mol. The number of epoxide rings is 1. The molecule has 0 bridgehead atoms. The van der Waals surface area contributed by atoms with Gasteiger partial charge in [0, 0.05) is 12.1 Å². The molecule has 1 amide bonds. The van der Waals surface area contributed by atoms with Crippen molar-refractivity contribution in [2.75, 3.05) is 41.3 Å². The SMILES string of the molecule is C=CCOC(=O)NCCc1cc2c(cc1C1OC1c1ccc(OC)c(OC)c1C(=O)OC)OCO2. The third kappa shape index (κ3) is 4.97. The van der Waals surface area contributed by atoms with E-state index in [0.29, 0.717) is 35.8 Å². The van der Waals surface area contributed by atoms with Crippen LogP contribution in [0.1, 0.15) is 39.3 Å². The smallest absolute Gasteiger partial charge is 0.407 e. The molecule has 4 rings (SSSR count). The van der Waals surface area contributed by atoms with Crippen molar-refractivity contribution in [3.8, 4) is 23.0 Å². The van der Waals surface area contributed by atoms with Crippen molar-refractivity contribution in [3.63, 3.8) is 0 Å². The van der Waals surface area contributed by atoms with Gasteiger partial charge in [0.15, 0.2) is 23.0 Å². The molecule has 35 heavy (non-hydrogen) atoms. The third-order valence-electron chi connectivity index (χ3n) is 5.70. The highest BCUT2D eigenvalue weighted by atomic mass is 16.7. The van der Waals surface area contributed by atoms with Crippen molar-refractivity contribution in [1.82, 2.24) is 5.32 Å². The van der Waals surface area contributed by atoms with E-state index >= 15 is 0 Å². The maximum atomic E-state index is 12.6. The topological polar surface area (TPSA) is 114 Å². The number of amides is 1. The Hall–Kier alpha value is -3.92. The first-order valence-electron chi connectivity index (χ1n) is 10.9. The van der Waals surface area contributed by atoms with Gasteiger partial charge in [-0.3, -0.25) is 0 Å². The van der Waals surface area contributed by atoms with Crippen molar-refractivity contribution < 1.29 is 42.7 Å². The molecule has 10 heteroatoms. The summed E-state index contributed by atoms with van der Waals surface area (Å²) >= 11 is 0. The van der Waals surface area contributed by atoms with Crippen molar-refractivity contribution >= 4 is 12.1 Å². The number of fused-ring (bicyclic) bond motifs is 1. The third-order valence-corrected chi connectivity index (χ3v) is 5.70. The molecule has 2 aromatic rings. The largest absolute Gasteiger partial charge is 0.493 e. The van der Waals surface area contributed by atoms with Gasteiger partial charge in [0.2, 0.25) is 6.79 Å². The summed E-state index contributed by atoms with van der Waals surface area (Å²) in [6, 6.07) is 7.24. The Balaban J connectivity index is 1.61. The summed E-state index contributed by atoms with van der Waals surface area (Å²) < 4.78 is 37.9. The van der Waals surface area contributed by atoms with Crippen LogP contribution >= 0.6 is 0 Å². The Bertz CT molecular complexity index is 1130. The number of methoxy groups -OCH3 is 3. The molecule has 2 atom stereocenters. The molecule has 2 aliphatic rings. The first-order valence-corrected chi connectivity index (χ1v) is 10.9. The van der Waals surface area contributed by atoms with Crippen LogP contribution in [0.5, 0.6) is 23.0 Å². The Labute approximate surface area is 202 Å². The zero-order valence-corrected chi connectivity index (χ0v) is 19.8. The molecule has 186 valence electrons. The van der Waals surface area contributed by atoms with E-state index in [2.05, 4.69) is 11.9 Å². The van der Waals surface area contributed by atoms with Gasteiger partial charge in [0.1, 0.15) is 24.4 Å². The molecular weight excluding hydrogens is 458 g/mol. The summed E-state index contributed by atoms with van der Waals surface area (Å²) in [5.41, 5.74) is 2.64. The summed E-state index contributed by atoms with van der Waals surface area (Å²) in [6.45, 7) is 4.11. The summed E-state index contributed by atoms with van der Waals surface area (Å²) in [6.07, 6.45) is 0.692. The van der Waals surface area contributed by atoms with Crippen LogP contribution in [-0.2, 0) is 20.6 Å². The van der Waals surface area contributed by atoms with Crippen LogP contribution in [0.15, 0.2) is 36.9 Å². The van der Waals surface area contributed by atoms with E-state index in [0.717, 1.165) is 11.1 Å². The summed E-state index contributed by atoms with van der Waals surface area (Å²) in [5.74, 6) is 1.36. The standard InChI is InChI=1S/C25H27NO9/c1-5-10-32-25(28)26-9-8-14-11-18-19(34-13-33-18)12-16(14)22-21(35-22)15-6-7-17(29-2)23(30-3)20(15)24(27)31-4/h5-7,11-12,21-22H,1,8-10,13H2,2-4H3,(H,26,28). The van der Waals surface area contributed by atoms with E-state index in [1.54, 1.807) is 12.1 Å². The van der Waals surface area contributed by atoms with Gasteiger partial charge < -0.3 is 38.5 Å². The van der Waals surface area contributed by atoms with Crippen molar-refractivity contribution in [2.45, 2.75) is 18.6 Å². The fraction of sp³-hybridized carbons (Fsp3) is 0.360. The molecule has 1 fully saturated rings. The molecule has 2 heterocycles. The molecule has 0 aliphatic carbocycles. The van der Waals surface area contributed by atoms with Crippen LogP contribution in [0.3, 0.4) is 0 Å². The predicted molar refractivity (Wildman–Crippen MR) is 123 cm³/mol. The fourth-order valence-corrected chi connectivity index (χ4v) is 4.04. The molecule has 0 aromatic heterocycles. The molecule has 1 N–H and O–H groups in total. The van der Waals surface area contributed by atoms with Gasteiger partial charge in [-0.05, 0) is 35.7 Å². The van der Waals surface area contributed by atoms with E-state index in [-0.39, 0.29) is 30.8 Å². The zero-order valence-electron chi connectivity index (χ0n) is 19.8. The maximum absolute atomic E-state index is 12.6. The minimum absolute atomic E-state index is 0.126. The number of rotatable bonds is 10. The Kier molecular flexibility index (Phi) is 7.31. The summed E-state index contributed by atoms with van der Waals surface area (Å²) in [7, 11) is 4.26. The van der Waals surface area contributed by atoms with Crippen molar-refractivity contribution in [2.24, 2.45) is 0 Å². The van der Waals surface area contributed by atoms with E-state index in [4.69, 9.17) is 33.2 Å². The summed E-state index contributed by atoms with van der Waals surface area (Å²) in [4.78, 5) is 24.4. The minimum atomic E-state index is -0.557. The molecule has 0 saturated carbocycles. The Morgan fingerprint density at radius 3 is 2.51 bits per heavy atom. The van der Waals surface area contributed by atoms with Crippen LogP contribution in [-0.4, -0.2) is 53.3 Å². The average Bonchev–Trinajstić information content (AvgIpc) is 3.54. The maximum Gasteiger partial charge on any atom is 0.407 e.